The van der Waals surface area contributed by atoms with E-state index in [1.54, 1.807) is 22.9 Å². The first kappa shape index (κ1) is 20.9. The van der Waals surface area contributed by atoms with Crippen LogP contribution in [0.3, 0.4) is 0 Å². The third-order valence-corrected chi connectivity index (χ3v) is 5.88. The Bertz CT molecular complexity index is 1120. The molecule has 7 nitrogen and oxygen atoms in total. The molecule has 2 aromatic carbocycles. The van der Waals surface area contributed by atoms with Gasteiger partial charge in [0.15, 0.2) is 0 Å². The van der Waals surface area contributed by atoms with Crippen LogP contribution in [-0.2, 0) is 10.5 Å². The summed E-state index contributed by atoms with van der Waals surface area (Å²) in [4.78, 5) is 16.8. The number of ether oxygens (including phenoxy) is 1. The number of carbonyl (C=O) groups excluding carboxylic acids is 1. The number of amides is 1. The van der Waals surface area contributed by atoms with Crippen LogP contribution in [0.25, 0.3) is 0 Å². The first-order chi connectivity index (χ1) is 15.0. The molecule has 0 saturated heterocycles. The number of anilines is 1. The maximum Gasteiger partial charge on any atom is 0.229 e. The largest absolute Gasteiger partial charge is 0.494 e. The van der Waals surface area contributed by atoms with Crippen LogP contribution in [-0.4, -0.2) is 27.3 Å². The zero-order chi connectivity index (χ0) is 22.0. The van der Waals surface area contributed by atoms with E-state index in [0.717, 1.165) is 11.3 Å². The summed E-state index contributed by atoms with van der Waals surface area (Å²) in [7, 11) is 0. The third kappa shape index (κ3) is 4.27. The van der Waals surface area contributed by atoms with Gasteiger partial charge in [0.2, 0.25) is 17.0 Å². The number of benzene rings is 2. The summed E-state index contributed by atoms with van der Waals surface area (Å²) >= 11 is 1.31. The lowest BCUT2D eigenvalue weighted by Gasteiger charge is -2.32. The number of halogens is 1. The fourth-order valence-electron chi connectivity index (χ4n) is 3.54. The molecule has 3 aromatic rings. The van der Waals surface area contributed by atoms with Crippen LogP contribution in [0.2, 0.25) is 0 Å². The number of thioether (sulfide) groups is 1. The van der Waals surface area contributed by atoms with Crippen LogP contribution in [0.15, 0.2) is 66.0 Å². The SMILES string of the molecule is C=C1Nc2nc(SCc3ccccc3F)nn2[C@@H](c2ccc(OCC)cc2)[C@@H]1C(N)=O. The fraction of sp³-hybridized carbons (Fsp3) is 0.227. The lowest BCUT2D eigenvalue weighted by Crippen LogP contribution is -2.40. The molecule has 0 spiro atoms. The molecule has 1 aliphatic heterocycles. The Hall–Kier alpha value is -3.33. The van der Waals surface area contributed by atoms with Crippen molar-refractivity contribution in [1.29, 1.82) is 0 Å². The maximum atomic E-state index is 13.9. The summed E-state index contributed by atoms with van der Waals surface area (Å²) in [6, 6.07) is 13.5. The molecule has 3 N–H and O–H groups in total. The highest BCUT2D eigenvalue weighted by Gasteiger charge is 2.39. The van der Waals surface area contributed by atoms with Gasteiger partial charge in [-0.05, 0) is 36.2 Å². The van der Waals surface area contributed by atoms with Gasteiger partial charge < -0.3 is 15.8 Å². The molecule has 9 heteroatoms. The number of carbonyl (C=O) groups is 1. The molecule has 31 heavy (non-hydrogen) atoms. The Morgan fingerprint density at radius 2 is 2.03 bits per heavy atom. The van der Waals surface area contributed by atoms with Gasteiger partial charge in [-0.15, -0.1) is 5.10 Å². The molecule has 0 radical (unpaired) electrons. The topological polar surface area (TPSA) is 95.1 Å². The smallest absolute Gasteiger partial charge is 0.229 e. The molecule has 1 amide bonds. The van der Waals surface area contributed by atoms with Gasteiger partial charge in [-0.3, -0.25) is 4.79 Å². The van der Waals surface area contributed by atoms with Crippen molar-refractivity contribution in [2.45, 2.75) is 23.9 Å². The third-order valence-electron chi connectivity index (χ3n) is 4.99. The molecule has 0 bridgehead atoms. The van der Waals surface area contributed by atoms with Crippen LogP contribution >= 0.6 is 11.8 Å². The van der Waals surface area contributed by atoms with Crippen LogP contribution in [0.1, 0.15) is 24.1 Å². The van der Waals surface area contributed by atoms with Gasteiger partial charge in [0.25, 0.3) is 0 Å². The van der Waals surface area contributed by atoms with Gasteiger partial charge in [-0.25, -0.2) is 9.07 Å². The Kier molecular flexibility index (Phi) is 5.94. The molecule has 0 aliphatic carbocycles. The first-order valence-electron chi connectivity index (χ1n) is 9.78. The van der Waals surface area contributed by atoms with Crippen LogP contribution < -0.4 is 15.8 Å². The minimum Gasteiger partial charge on any atom is -0.494 e. The highest BCUT2D eigenvalue weighted by Crippen LogP contribution is 2.39. The van der Waals surface area contributed by atoms with Gasteiger partial charge in [-0.1, -0.05) is 48.7 Å². The van der Waals surface area contributed by atoms with Crippen LogP contribution in [0.5, 0.6) is 5.75 Å². The molecule has 1 aliphatic rings. The van der Waals surface area contributed by atoms with Crippen molar-refractivity contribution in [2.24, 2.45) is 11.7 Å². The molecule has 1 aromatic heterocycles. The predicted molar refractivity (Wildman–Crippen MR) is 117 cm³/mol. The average molecular weight is 440 g/mol. The molecular weight excluding hydrogens is 417 g/mol. The molecular formula is C22H22FN5O2S. The van der Waals surface area contributed by atoms with E-state index < -0.39 is 17.9 Å². The van der Waals surface area contributed by atoms with Crippen molar-refractivity contribution < 1.29 is 13.9 Å². The van der Waals surface area contributed by atoms with Crippen LogP contribution in [0.4, 0.5) is 10.3 Å². The fourth-order valence-corrected chi connectivity index (χ4v) is 4.36. The second-order valence-corrected chi connectivity index (χ2v) is 7.96. The number of nitrogens with two attached hydrogens (primary N) is 1. The second-order valence-electron chi connectivity index (χ2n) is 7.02. The lowest BCUT2D eigenvalue weighted by atomic mass is 9.89. The standard InChI is InChI=1S/C22H22FN5O2S/c1-3-30-16-10-8-14(9-11-16)19-18(20(24)29)13(2)25-21-26-22(27-28(19)21)31-12-15-6-4-5-7-17(15)23/h4-11,18-19H,2-3,12H2,1H3,(H2,24,29)(H,25,26,27)/t18-,19+/m1/s1. The van der Waals surface area contributed by atoms with E-state index in [0.29, 0.717) is 34.7 Å². The van der Waals surface area contributed by atoms with E-state index in [4.69, 9.17) is 10.5 Å². The number of hydrogen-bond acceptors (Lipinski definition) is 6. The highest BCUT2D eigenvalue weighted by molar-refractivity contribution is 7.98. The maximum absolute atomic E-state index is 13.9. The van der Waals surface area contributed by atoms with Gasteiger partial charge in [0.1, 0.15) is 17.5 Å². The number of nitrogens with zero attached hydrogens (tertiary/aromatic N) is 3. The first-order valence-corrected chi connectivity index (χ1v) is 10.8. The van der Waals surface area contributed by atoms with Crippen molar-refractivity contribution >= 4 is 23.6 Å². The monoisotopic (exact) mass is 439 g/mol. The second kappa shape index (κ2) is 8.81. The van der Waals surface area contributed by atoms with Gasteiger partial charge in [0.05, 0.1) is 12.6 Å². The van der Waals surface area contributed by atoms with E-state index in [9.17, 15) is 9.18 Å². The van der Waals surface area contributed by atoms with Crippen molar-refractivity contribution in [3.63, 3.8) is 0 Å². The molecule has 2 heterocycles. The summed E-state index contributed by atoms with van der Waals surface area (Å²) in [6.45, 7) is 6.45. The lowest BCUT2D eigenvalue weighted by molar-refractivity contribution is -0.121. The number of fused-ring (bicyclic) bond motifs is 1. The van der Waals surface area contributed by atoms with Crippen LogP contribution in [0, 0.1) is 11.7 Å². The zero-order valence-corrected chi connectivity index (χ0v) is 17.7. The van der Waals surface area contributed by atoms with Crippen molar-refractivity contribution in [1.82, 2.24) is 14.8 Å². The van der Waals surface area contributed by atoms with Gasteiger partial charge >= 0.3 is 0 Å². The predicted octanol–water partition coefficient (Wildman–Crippen LogP) is 3.74. The van der Waals surface area contributed by atoms with Gasteiger partial charge in [-0.2, -0.15) is 4.98 Å². The normalized spacial score (nSPS) is 17.7. The highest BCUT2D eigenvalue weighted by atomic mass is 32.2. The number of hydrogen-bond donors (Lipinski definition) is 2. The number of nitrogens with one attached hydrogen (secondary N) is 1. The Morgan fingerprint density at radius 3 is 2.71 bits per heavy atom. The van der Waals surface area contributed by atoms with E-state index in [1.807, 2.05) is 31.2 Å². The van der Waals surface area contributed by atoms with E-state index >= 15 is 0 Å². The average Bonchev–Trinajstić information content (AvgIpc) is 3.15. The number of primary amides is 1. The van der Waals surface area contributed by atoms with Crippen molar-refractivity contribution in [3.8, 4) is 5.75 Å². The molecule has 0 fully saturated rings. The Labute approximate surface area is 183 Å². The Balaban J connectivity index is 1.66. The quantitative estimate of drug-likeness (QED) is 0.545. The number of aromatic nitrogens is 3. The van der Waals surface area contributed by atoms with Crippen molar-refractivity contribution in [3.05, 3.63) is 77.8 Å². The summed E-state index contributed by atoms with van der Waals surface area (Å²) in [5, 5.41) is 8.08. The van der Waals surface area contributed by atoms with Gasteiger partial charge in [0, 0.05) is 11.4 Å². The van der Waals surface area contributed by atoms with E-state index in [1.165, 1.54) is 17.8 Å². The minimum absolute atomic E-state index is 0.272. The molecule has 160 valence electrons. The Morgan fingerprint density at radius 1 is 1.29 bits per heavy atom. The summed E-state index contributed by atoms with van der Waals surface area (Å²) in [5.41, 5.74) is 7.55. The molecule has 4 rings (SSSR count). The van der Waals surface area contributed by atoms with Crippen molar-refractivity contribution in [2.75, 3.05) is 11.9 Å². The zero-order valence-electron chi connectivity index (χ0n) is 16.9. The molecule has 0 unspecified atom stereocenters. The molecule has 0 saturated carbocycles. The van der Waals surface area contributed by atoms with E-state index in [-0.39, 0.29) is 5.82 Å². The summed E-state index contributed by atoms with van der Waals surface area (Å²) < 4.78 is 21.1. The van der Waals surface area contributed by atoms with E-state index in [2.05, 4.69) is 22.0 Å². The summed E-state index contributed by atoms with van der Waals surface area (Å²) in [5.74, 6) is 0.0671. The number of rotatable bonds is 7. The minimum atomic E-state index is -0.712. The summed E-state index contributed by atoms with van der Waals surface area (Å²) in [6.07, 6.45) is 0. The molecule has 2 atom stereocenters.